The molecular formula is C54H69Cl2HfSi3. The van der Waals surface area contributed by atoms with Crippen LogP contribution in [0.2, 0.25) is 24.2 Å². The van der Waals surface area contributed by atoms with E-state index in [4.69, 9.17) is 0 Å². The minimum absolute atomic E-state index is 0. The Kier molecular flexibility index (Phi) is 22.3. The van der Waals surface area contributed by atoms with E-state index >= 15 is 0 Å². The van der Waals surface area contributed by atoms with Crippen LogP contribution >= 0.6 is 0 Å². The quantitative estimate of drug-likeness (QED) is 0.131. The number of halogens is 2. The summed E-state index contributed by atoms with van der Waals surface area (Å²) in [5, 5.41) is 8.91. The van der Waals surface area contributed by atoms with Crippen molar-refractivity contribution in [2.24, 2.45) is 0 Å². The van der Waals surface area contributed by atoms with Gasteiger partial charge in [-0.3, -0.25) is 0 Å². The van der Waals surface area contributed by atoms with Gasteiger partial charge in [-0.2, -0.15) is 45.8 Å². The zero-order chi connectivity index (χ0) is 40.1. The molecular weight excluding hydrogens is 982 g/mol. The Labute approximate surface area is 401 Å². The van der Waals surface area contributed by atoms with E-state index in [9.17, 15) is 0 Å². The Hall–Kier alpha value is -2.32. The first-order chi connectivity index (χ1) is 27.7. The van der Waals surface area contributed by atoms with Crippen molar-refractivity contribution in [1.82, 2.24) is 0 Å². The van der Waals surface area contributed by atoms with E-state index in [1.807, 2.05) is 0 Å². The van der Waals surface area contributed by atoms with E-state index in [1.165, 1.54) is 66.2 Å². The second kappa shape index (κ2) is 25.7. The molecule has 1 radical (unpaired) electrons. The summed E-state index contributed by atoms with van der Waals surface area (Å²) in [6.45, 7) is 14.0. The molecule has 315 valence electrons. The molecule has 6 aromatic carbocycles. The Morgan fingerprint density at radius 3 is 0.933 bits per heavy atom. The van der Waals surface area contributed by atoms with Gasteiger partial charge in [0.05, 0.1) is 16.1 Å². The Balaban J connectivity index is 0.000000242. The number of benzene rings is 4. The first-order valence-electron chi connectivity index (χ1n) is 22.3. The largest absolute Gasteiger partial charge is 4.00 e. The van der Waals surface area contributed by atoms with Gasteiger partial charge in [-0.1, -0.05) is 247 Å². The predicted molar refractivity (Wildman–Crippen MR) is 260 cm³/mol. The molecule has 0 aliphatic heterocycles. The second-order valence-corrected chi connectivity index (χ2v) is 28.1. The topological polar surface area (TPSA) is 0 Å². The Morgan fingerprint density at radius 1 is 0.433 bits per heavy atom. The fourth-order valence-electron chi connectivity index (χ4n) is 9.39. The smallest absolute Gasteiger partial charge is 1.00 e. The summed E-state index contributed by atoms with van der Waals surface area (Å²) in [6, 6.07) is 58.2. The van der Waals surface area contributed by atoms with Gasteiger partial charge in [-0.25, -0.2) is 12.1 Å². The van der Waals surface area contributed by atoms with E-state index in [0.717, 1.165) is 9.52 Å². The molecule has 0 unspecified atom stereocenters. The number of rotatable bonds is 10. The van der Waals surface area contributed by atoms with E-state index in [0.29, 0.717) is 11.8 Å². The zero-order valence-corrected chi connectivity index (χ0v) is 45.5. The molecule has 0 aromatic heterocycles. The van der Waals surface area contributed by atoms with Crippen LogP contribution in [0.5, 0.6) is 0 Å². The standard InChI is InChI=1S/2C21H23Si.C12H23Si.2ClH.Hf/c2*1-17(2)18-14-15-21(16-18)22(3,19-10-6-4-7-11-19)20-12-8-5-9-13-20;1-3-7-11(8-4-1)13-12-9-5-2-6-10-12;;;/h2*4-17H,1-3H3;11-13H,1-10H2;2*1H;/q2*-1;;;;+4/p-2. The maximum absolute atomic E-state index is 2.47. The van der Waals surface area contributed by atoms with Crippen molar-refractivity contribution >= 4 is 56.8 Å². The summed E-state index contributed by atoms with van der Waals surface area (Å²) in [5.74, 6) is 1.16. The molecule has 2 saturated carbocycles. The van der Waals surface area contributed by atoms with Crippen molar-refractivity contribution in [1.29, 1.82) is 0 Å². The first-order valence-corrected chi connectivity index (χ1v) is 28.6. The third kappa shape index (κ3) is 13.3. The van der Waals surface area contributed by atoms with Crippen LogP contribution in [0.1, 0.15) is 115 Å². The van der Waals surface area contributed by atoms with E-state index in [-0.39, 0.29) is 50.7 Å². The molecule has 0 nitrogen and oxygen atoms in total. The average Bonchev–Trinajstić information content (AvgIpc) is 3.99. The molecule has 6 heteroatoms. The van der Waals surface area contributed by atoms with Gasteiger partial charge in [0.15, 0.2) is 0 Å². The van der Waals surface area contributed by atoms with Crippen molar-refractivity contribution in [3.63, 3.8) is 0 Å². The van der Waals surface area contributed by atoms with Crippen molar-refractivity contribution in [2.45, 2.75) is 128 Å². The molecule has 60 heavy (non-hydrogen) atoms. The average molecular weight is 1050 g/mol. The summed E-state index contributed by atoms with van der Waals surface area (Å²) in [6.07, 6.45) is 15.6. The molecule has 0 bridgehead atoms. The van der Waals surface area contributed by atoms with Crippen molar-refractivity contribution in [3.8, 4) is 0 Å². The van der Waals surface area contributed by atoms with Gasteiger partial charge in [0, 0.05) is 9.52 Å². The molecule has 0 saturated heterocycles. The van der Waals surface area contributed by atoms with Crippen LogP contribution in [-0.4, -0.2) is 25.7 Å². The van der Waals surface area contributed by atoms with E-state index in [2.05, 4.69) is 199 Å². The molecule has 8 rings (SSSR count). The maximum Gasteiger partial charge on any atom is 4.00 e. The molecule has 0 heterocycles. The molecule has 0 spiro atoms. The maximum atomic E-state index is 2.47. The van der Waals surface area contributed by atoms with Gasteiger partial charge in [0.1, 0.15) is 0 Å². The molecule has 2 aliphatic carbocycles. The fourth-order valence-corrected chi connectivity index (χ4v) is 19.1. The van der Waals surface area contributed by atoms with Gasteiger partial charge in [0.2, 0.25) is 0 Å². The SMILES string of the molecule is C1CCC([SiH]C2CCCCC2)CC1.CC(C)c1cc([Si](C)(c2ccccc2)c2ccccc2)c[cH-]1.CC(C)c1cc([Si](C)(c2ccccc2)c2ccccc2)c[cH-]1.[Cl-].[Cl-].[Hf+4]. The van der Waals surface area contributed by atoms with E-state index in [1.54, 1.807) is 51.4 Å². The van der Waals surface area contributed by atoms with Crippen molar-refractivity contribution in [2.75, 3.05) is 0 Å². The molecule has 0 atom stereocenters. The fraction of sp³-hybridized carbons (Fsp3) is 0.370. The molecule has 6 aromatic rings. The Bertz CT molecular complexity index is 1790. The van der Waals surface area contributed by atoms with Crippen LogP contribution in [0.25, 0.3) is 0 Å². The van der Waals surface area contributed by atoms with Crippen molar-refractivity contribution in [3.05, 3.63) is 169 Å². The third-order valence-electron chi connectivity index (χ3n) is 13.3. The zero-order valence-electron chi connectivity index (χ0n) is 37.2. The molecule has 2 aliphatic rings. The van der Waals surface area contributed by atoms with E-state index < -0.39 is 16.1 Å². The number of hydrogen-bond donors (Lipinski definition) is 0. The second-order valence-electron chi connectivity index (χ2n) is 17.9. The minimum atomic E-state index is -1.90. The summed E-state index contributed by atoms with van der Waals surface area (Å²) >= 11 is 0. The third-order valence-corrected chi connectivity index (χ3v) is 24.6. The van der Waals surface area contributed by atoms with Gasteiger partial charge < -0.3 is 24.8 Å². The van der Waals surface area contributed by atoms with Gasteiger partial charge in [0.25, 0.3) is 0 Å². The van der Waals surface area contributed by atoms with Crippen LogP contribution in [0.4, 0.5) is 0 Å². The van der Waals surface area contributed by atoms with Gasteiger partial charge >= 0.3 is 25.8 Å². The predicted octanol–water partition coefficient (Wildman–Crippen LogP) is 5.19. The van der Waals surface area contributed by atoms with Gasteiger partial charge in [-0.15, -0.1) is 0 Å². The van der Waals surface area contributed by atoms with Crippen LogP contribution < -0.4 is 55.9 Å². The first kappa shape index (κ1) is 52.0. The van der Waals surface area contributed by atoms with Crippen LogP contribution in [0, 0.1) is 0 Å². The summed E-state index contributed by atoms with van der Waals surface area (Å²) < 4.78 is 0. The molecule has 0 N–H and O–H groups in total. The molecule has 2 fully saturated rings. The summed E-state index contributed by atoms with van der Waals surface area (Å²) in [5.41, 5.74) is 5.30. The Morgan fingerprint density at radius 2 is 0.700 bits per heavy atom. The van der Waals surface area contributed by atoms with Crippen LogP contribution in [0.3, 0.4) is 0 Å². The van der Waals surface area contributed by atoms with Crippen LogP contribution in [0.15, 0.2) is 158 Å². The van der Waals surface area contributed by atoms with Crippen LogP contribution in [-0.2, 0) is 25.8 Å². The molecule has 0 amide bonds. The minimum Gasteiger partial charge on any atom is -1.00 e. The monoisotopic (exact) mass is 1050 g/mol. The van der Waals surface area contributed by atoms with Gasteiger partial charge in [-0.05, 0) is 22.9 Å². The summed E-state index contributed by atoms with van der Waals surface area (Å²) in [4.78, 5) is 0. The van der Waals surface area contributed by atoms with Crippen molar-refractivity contribution < 1.29 is 50.7 Å². The summed E-state index contributed by atoms with van der Waals surface area (Å²) in [7, 11) is -2.98. The normalized spacial score (nSPS) is 14.7. The number of hydrogen-bond acceptors (Lipinski definition) is 0.